The Morgan fingerprint density at radius 3 is 2.87 bits per heavy atom. The van der Waals surface area contributed by atoms with E-state index in [4.69, 9.17) is 0 Å². The molecule has 1 nitrogen and oxygen atoms in total. The van der Waals surface area contributed by atoms with Crippen molar-refractivity contribution in [1.29, 1.82) is 0 Å². The first-order valence-corrected chi connectivity index (χ1v) is 6.11. The van der Waals surface area contributed by atoms with Crippen LogP contribution < -0.4 is 4.90 Å². The van der Waals surface area contributed by atoms with Gasteiger partial charge in [0.2, 0.25) is 0 Å². The average Bonchev–Trinajstić information content (AvgIpc) is 2.55. The zero-order chi connectivity index (χ0) is 10.4. The molecular formula is C14H19N. The van der Waals surface area contributed by atoms with Crippen LogP contribution in [0.2, 0.25) is 0 Å². The molecule has 1 saturated carbocycles. The van der Waals surface area contributed by atoms with Crippen molar-refractivity contribution in [2.45, 2.75) is 38.1 Å². The highest BCUT2D eigenvalue weighted by Crippen LogP contribution is 2.49. The van der Waals surface area contributed by atoms with Crippen LogP contribution in [0.3, 0.4) is 0 Å². The zero-order valence-electron chi connectivity index (χ0n) is 9.61. The van der Waals surface area contributed by atoms with Crippen LogP contribution in [0, 0.1) is 5.92 Å². The van der Waals surface area contributed by atoms with E-state index in [1.165, 1.54) is 24.9 Å². The van der Waals surface area contributed by atoms with Crippen LogP contribution in [0.5, 0.6) is 0 Å². The SMILES string of the molecule is CC1CCCC2C1c1ccccc1N2C. The summed E-state index contributed by atoms with van der Waals surface area (Å²) in [5, 5.41) is 0. The molecule has 1 aromatic carbocycles. The summed E-state index contributed by atoms with van der Waals surface area (Å²) in [6.07, 6.45) is 4.18. The van der Waals surface area contributed by atoms with Crippen molar-refractivity contribution in [3.8, 4) is 0 Å². The van der Waals surface area contributed by atoms with Crippen LogP contribution in [0.25, 0.3) is 0 Å². The van der Waals surface area contributed by atoms with Gasteiger partial charge in [0.1, 0.15) is 0 Å². The number of likely N-dealkylation sites (N-methyl/N-ethyl adjacent to an activating group) is 1. The summed E-state index contributed by atoms with van der Waals surface area (Å²) in [5.41, 5.74) is 3.07. The number of rotatable bonds is 0. The van der Waals surface area contributed by atoms with E-state index in [1.807, 2.05) is 0 Å². The lowest BCUT2D eigenvalue weighted by Gasteiger charge is -2.35. The van der Waals surface area contributed by atoms with Crippen molar-refractivity contribution in [2.75, 3.05) is 11.9 Å². The molecule has 1 heterocycles. The van der Waals surface area contributed by atoms with E-state index >= 15 is 0 Å². The monoisotopic (exact) mass is 201 g/mol. The number of hydrogen-bond donors (Lipinski definition) is 0. The van der Waals surface area contributed by atoms with Gasteiger partial charge in [0.05, 0.1) is 0 Å². The highest BCUT2D eigenvalue weighted by molar-refractivity contribution is 5.61. The van der Waals surface area contributed by atoms with E-state index in [1.54, 1.807) is 5.56 Å². The quantitative estimate of drug-likeness (QED) is 0.621. The molecule has 2 aliphatic rings. The lowest BCUT2D eigenvalue weighted by molar-refractivity contribution is 0.301. The highest BCUT2D eigenvalue weighted by Gasteiger charge is 2.40. The Hall–Kier alpha value is -0.980. The lowest BCUT2D eigenvalue weighted by Crippen LogP contribution is -2.35. The molecule has 1 aliphatic heterocycles. The normalized spacial score (nSPS) is 33.7. The van der Waals surface area contributed by atoms with Crippen LogP contribution in [0.4, 0.5) is 5.69 Å². The van der Waals surface area contributed by atoms with Gasteiger partial charge in [-0.1, -0.05) is 31.5 Å². The van der Waals surface area contributed by atoms with Gasteiger partial charge in [0, 0.05) is 24.7 Å². The Morgan fingerprint density at radius 2 is 2.00 bits per heavy atom. The van der Waals surface area contributed by atoms with Crippen LogP contribution in [0.15, 0.2) is 24.3 Å². The fourth-order valence-electron chi connectivity index (χ4n) is 3.60. The molecule has 1 fully saturated rings. The second-order valence-electron chi connectivity index (χ2n) is 5.17. The fraction of sp³-hybridized carbons (Fsp3) is 0.571. The molecular weight excluding hydrogens is 182 g/mol. The standard InChI is InChI=1S/C14H19N/c1-10-6-5-9-13-14(10)11-7-3-4-8-12(11)15(13)2/h3-4,7-8,10,13-14H,5-6,9H2,1-2H3. The predicted molar refractivity (Wildman–Crippen MR) is 64.4 cm³/mol. The van der Waals surface area contributed by atoms with Crippen molar-refractivity contribution < 1.29 is 0 Å². The van der Waals surface area contributed by atoms with Gasteiger partial charge in [-0.05, 0) is 30.4 Å². The molecule has 0 N–H and O–H groups in total. The maximum Gasteiger partial charge on any atom is 0.0402 e. The molecule has 0 radical (unpaired) electrons. The maximum absolute atomic E-state index is 2.51. The van der Waals surface area contributed by atoms with Gasteiger partial charge in [-0.15, -0.1) is 0 Å². The van der Waals surface area contributed by atoms with E-state index in [2.05, 4.69) is 43.1 Å². The van der Waals surface area contributed by atoms with Crippen molar-refractivity contribution in [1.82, 2.24) is 0 Å². The largest absolute Gasteiger partial charge is 0.371 e. The molecule has 0 spiro atoms. The number of hydrogen-bond acceptors (Lipinski definition) is 1. The number of fused-ring (bicyclic) bond motifs is 3. The van der Waals surface area contributed by atoms with E-state index in [9.17, 15) is 0 Å². The minimum absolute atomic E-state index is 0.770. The summed E-state index contributed by atoms with van der Waals surface area (Å²) in [6.45, 7) is 2.42. The number of benzene rings is 1. The number of para-hydroxylation sites is 1. The molecule has 15 heavy (non-hydrogen) atoms. The topological polar surface area (TPSA) is 3.24 Å². The molecule has 1 aliphatic carbocycles. The summed E-state index contributed by atoms with van der Waals surface area (Å²) in [5.74, 6) is 1.65. The predicted octanol–water partition coefficient (Wildman–Crippen LogP) is 3.41. The summed E-state index contributed by atoms with van der Waals surface area (Å²) in [7, 11) is 2.27. The van der Waals surface area contributed by atoms with Crippen molar-refractivity contribution in [3.05, 3.63) is 29.8 Å². The van der Waals surface area contributed by atoms with Gasteiger partial charge in [0.25, 0.3) is 0 Å². The molecule has 1 heteroatoms. The van der Waals surface area contributed by atoms with E-state index in [0.29, 0.717) is 0 Å². The van der Waals surface area contributed by atoms with Crippen LogP contribution >= 0.6 is 0 Å². The van der Waals surface area contributed by atoms with E-state index in [-0.39, 0.29) is 0 Å². The van der Waals surface area contributed by atoms with Gasteiger partial charge in [-0.25, -0.2) is 0 Å². The van der Waals surface area contributed by atoms with Crippen molar-refractivity contribution >= 4 is 5.69 Å². The van der Waals surface area contributed by atoms with Crippen LogP contribution in [-0.4, -0.2) is 13.1 Å². The minimum Gasteiger partial charge on any atom is -0.371 e. The van der Waals surface area contributed by atoms with E-state index in [0.717, 1.165) is 17.9 Å². The van der Waals surface area contributed by atoms with Crippen molar-refractivity contribution in [2.24, 2.45) is 5.92 Å². The van der Waals surface area contributed by atoms with Crippen molar-refractivity contribution in [3.63, 3.8) is 0 Å². The van der Waals surface area contributed by atoms with Crippen LogP contribution in [-0.2, 0) is 0 Å². The minimum atomic E-state index is 0.770. The third-order valence-electron chi connectivity index (χ3n) is 4.36. The molecule has 1 aromatic rings. The summed E-state index contributed by atoms with van der Waals surface area (Å²) in [6, 6.07) is 9.73. The second-order valence-corrected chi connectivity index (χ2v) is 5.17. The van der Waals surface area contributed by atoms with Crippen LogP contribution in [0.1, 0.15) is 37.7 Å². The Balaban J connectivity index is 2.08. The first kappa shape index (κ1) is 9.26. The average molecular weight is 201 g/mol. The highest BCUT2D eigenvalue weighted by atomic mass is 15.2. The molecule has 3 unspecified atom stereocenters. The van der Waals surface area contributed by atoms with Gasteiger partial charge in [-0.2, -0.15) is 0 Å². The summed E-state index contributed by atoms with van der Waals surface area (Å²) in [4.78, 5) is 2.51. The maximum atomic E-state index is 2.51. The molecule has 3 rings (SSSR count). The summed E-state index contributed by atoms with van der Waals surface area (Å²) < 4.78 is 0. The summed E-state index contributed by atoms with van der Waals surface area (Å²) >= 11 is 0. The Labute approximate surface area is 92.1 Å². The third kappa shape index (κ3) is 1.22. The third-order valence-corrected chi connectivity index (χ3v) is 4.36. The smallest absolute Gasteiger partial charge is 0.0402 e. The molecule has 0 aromatic heterocycles. The number of nitrogens with zero attached hydrogens (tertiary/aromatic N) is 1. The molecule has 0 bridgehead atoms. The molecule has 0 amide bonds. The first-order chi connectivity index (χ1) is 7.29. The second kappa shape index (κ2) is 3.26. The van der Waals surface area contributed by atoms with Gasteiger partial charge in [0.15, 0.2) is 0 Å². The Morgan fingerprint density at radius 1 is 1.20 bits per heavy atom. The van der Waals surface area contributed by atoms with Gasteiger partial charge >= 0.3 is 0 Å². The lowest BCUT2D eigenvalue weighted by atomic mass is 9.75. The molecule has 0 saturated heterocycles. The van der Waals surface area contributed by atoms with E-state index < -0.39 is 0 Å². The van der Waals surface area contributed by atoms with Gasteiger partial charge in [-0.3, -0.25) is 0 Å². The first-order valence-electron chi connectivity index (χ1n) is 6.11. The number of anilines is 1. The molecule has 80 valence electrons. The molecule has 3 atom stereocenters. The Bertz CT molecular complexity index is 371. The van der Waals surface area contributed by atoms with Gasteiger partial charge < -0.3 is 4.90 Å². The Kier molecular flexibility index (Phi) is 2.01. The fourth-order valence-corrected chi connectivity index (χ4v) is 3.60. The zero-order valence-corrected chi connectivity index (χ0v) is 9.61.